The van der Waals surface area contributed by atoms with Crippen molar-refractivity contribution in [2.24, 2.45) is 0 Å². The lowest BCUT2D eigenvalue weighted by Crippen LogP contribution is -1.65. The van der Waals surface area contributed by atoms with Crippen molar-refractivity contribution in [3.8, 4) is 0 Å². The summed E-state index contributed by atoms with van der Waals surface area (Å²) in [6, 6.07) is 10.4. The minimum absolute atomic E-state index is 0. The predicted octanol–water partition coefficient (Wildman–Crippen LogP) is 1.56. The van der Waals surface area contributed by atoms with Crippen molar-refractivity contribution < 1.29 is 0 Å². The van der Waals surface area contributed by atoms with Gasteiger partial charge in [0.2, 0.25) is 0 Å². The van der Waals surface area contributed by atoms with Gasteiger partial charge in [0.25, 0.3) is 0 Å². The summed E-state index contributed by atoms with van der Waals surface area (Å²) in [7, 11) is 0. The lowest BCUT2D eigenvalue weighted by molar-refractivity contribution is 1.30. The van der Waals surface area contributed by atoms with E-state index < -0.39 is 0 Å². The lowest BCUT2D eigenvalue weighted by Gasteiger charge is -1.83. The highest BCUT2D eigenvalue weighted by molar-refractivity contribution is 5.79. The Kier molecular flexibility index (Phi) is 2.57. The summed E-state index contributed by atoms with van der Waals surface area (Å²) in [5.74, 6) is 0. The van der Waals surface area contributed by atoms with Crippen molar-refractivity contribution in [1.29, 1.82) is 0 Å². The number of hydrogen-bond donors (Lipinski definition) is 1. The van der Waals surface area contributed by atoms with E-state index in [1.165, 1.54) is 16.6 Å². The first-order chi connectivity index (χ1) is 4.86. The highest BCUT2D eigenvalue weighted by atomic mass is 24.3. The number of aryl methyl sites for hydroxylation is 1. The summed E-state index contributed by atoms with van der Waals surface area (Å²) in [6.07, 6.45) is 0. The molecular formula is C9H11MgN. The summed E-state index contributed by atoms with van der Waals surface area (Å²) >= 11 is 0. The lowest BCUT2D eigenvalue weighted by atomic mass is 10.2. The Labute approximate surface area is 82.0 Å². The molecule has 2 rings (SSSR count). The maximum absolute atomic E-state index is 3.26. The number of hydrogen-bond acceptors (Lipinski definition) is 0. The van der Waals surface area contributed by atoms with Crippen LogP contribution in [0.1, 0.15) is 5.69 Å². The Hall–Kier alpha value is -0.474. The molecule has 0 aliphatic heterocycles. The van der Waals surface area contributed by atoms with Gasteiger partial charge in [0.05, 0.1) is 0 Å². The van der Waals surface area contributed by atoms with Crippen LogP contribution in [0, 0.1) is 6.92 Å². The average molecular weight is 157 g/mol. The van der Waals surface area contributed by atoms with Crippen LogP contribution >= 0.6 is 0 Å². The Balaban J connectivity index is 0.000000605. The molecule has 1 aromatic heterocycles. The molecule has 0 saturated carbocycles. The number of para-hydroxylation sites is 1. The van der Waals surface area contributed by atoms with E-state index in [0.29, 0.717) is 0 Å². The topological polar surface area (TPSA) is 15.8 Å². The molecule has 54 valence electrons. The van der Waals surface area contributed by atoms with E-state index in [9.17, 15) is 0 Å². The molecular weight excluding hydrogens is 146 g/mol. The van der Waals surface area contributed by atoms with Gasteiger partial charge in [0.1, 0.15) is 0 Å². The number of benzene rings is 1. The molecule has 0 radical (unpaired) electrons. The number of H-pyrrole nitrogens is 1. The number of aromatic nitrogens is 1. The Morgan fingerprint density at radius 3 is 2.64 bits per heavy atom. The van der Waals surface area contributed by atoms with Gasteiger partial charge in [-0.25, -0.2) is 0 Å². The quantitative estimate of drug-likeness (QED) is 0.559. The Bertz CT molecular complexity index is 318. The molecule has 1 nitrogen and oxygen atoms in total. The summed E-state index contributed by atoms with van der Waals surface area (Å²) in [4.78, 5) is 3.26. The molecule has 0 unspecified atom stereocenters. The SMILES string of the molecule is Cc1cc2ccccc2[nH]1.[MgH2]. The maximum atomic E-state index is 3.26. The number of fused-ring (bicyclic) bond motifs is 1. The van der Waals surface area contributed by atoms with E-state index in [0.717, 1.165) is 0 Å². The number of aromatic amines is 1. The zero-order valence-corrected chi connectivity index (χ0v) is 5.89. The van der Waals surface area contributed by atoms with Crippen molar-refractivity contribution in [1.82, 2.24) is 4.98 Å². The Morgan fingerprint density at radius 2 is 1.91 bits per heavy atom. The average Bonchev–Trinajstić information content (AvgIpc) is 2.27. The minimum atomic E-state index is 0. The second kappa shape index (κ2) is 3.28. The van der Waals surface area contributed by atoms with Gasteiger partial charge >= 0.3 is 23.1 Å². The molecule has 2 aromatic rings. The van der Waals surface area contributed by atoms with Crippen LogP contribution in [0.3, 0.4) is 0 Å². The van der Waals surface area contributed by atoms with Crippen LogP contribution in [-0.2, 0) is 0 Å². The van der Waals surface area contributed by atoms with E-state index in [1.54, 1.807) is 0 Å². The third-order valence-electron chi connectivity index (χ3n) is 1.66. The number of rotatable bonds is 0. The maximum Gasteiger partial charge on any atom is 0.316 e. The molecule has 2 heteroatoms. The van der Waals surface area contributed by atoms with Crippen molar-refractivity contribution >= 4 is 34.0 Å². The summed E-state index contributed by atoms with van der Waals surface area (Å²) in [5, 5.41) is 1.29. The van der Waals surface area contributed by atoms with Crippen LogP contribution < -0.4 is 0 Å². The second-order valence-corrected chi connectivity index (χ2v) is 2.54. The predicted molar refractivity (Wildman–Crippen MR) is 51.6 cm³/mol. The summed E-state index contributed by atoms with van der Waals surface area (Å²) in [6.45, 7) is 2.07. The highest BCUT2D eigenvalue weighted by Crippen LogP contribution is 2.12. The van der Waals surface area contributed by atoms with Gasteiger partial charge in [-0.1, -0.05) is 18.2 Å². The standard InChI is InChI=1S/C9H9N.Mg.2H/c1-7-6-8-4-2-3-5-9(8)10-7;;;/h2-6,10H,1H3;;;. The van der Waals surface area contributed by atoms with E-state index in [4.69, 9.17) is 0 Å². The molecule has 0 aliphatic rings. The smallest absolute Gasteiger partial charge is 0.316 e. The van der Waals surface area contributed by atoms with E-state index >= 15 is 0 Å². The molecule has 1 heterocycles. The zero-order valence-electron chi connectivity index (χ0n) is 5.89. The van der Waals surface area contributed by atoms with E-state index in [-0.39, 0.29) is 23.1 Å². The zero-order chi connectivity index (χ0) is 6.97. The second-order valence-electron chi connectivity index (χ2n) is 2.54. The molecule has 0 saturated heterocycles. The molecule has 0 spiro atoms. The molecule has 0 amide bonds. The number of nitrogens with one attached hydrogen (secondary N) is 1. The van der Waals surface area contributed by atoms with Crippen molar-refractivity contribution in [2.45, 2.75) is 6.92 Å². The first kappa shape index (κ1) is 8.62. The molecule has 0 bridgehead atoms. The highest BCUT2D eigenvalue weighted by Gasteiger charge is 1.92. The third-order valence-corrected chi connectivity index (χ3v) is 1.66. The normalized spacial score (nSPS) is 9.55. The van der Waals surface area contributed by atoms with Gasteiger partial charge in [-0.15, -0.1) is 0 Å². The van der Waals surface area contributed by atoms with Crippen LogP contribution in [-0.4, -0.2) is 28.0 Å². The third kappa shape index (κ3) is 1.57. The van der Waals surface area contributed by atoms with Gasteiger partial charge < -0.3 is 4.98 Å². The van der Waals surface area contributed by atoms with Crippen LogP contribution in [0.2, 0.25) is 0 Å². The first-order valence-corrected chi connectivity index (χ1v) is 3.40. The largest absolute Gasteiger partial charge is 0.359 e. The molecule has 0 aliphatic carbocycles. The van der Waals surface area contributed by atoms with Crippen molar-refractivity contribution in [2.75, 3.05) is 0 Å². The van der Waals surface area contributed by atoms with E-state index in [2.05, 4.69) is 36.2 Å². The van der Waals surface area contributed by atoms with Gasteiger partial charge in [0.15, 0.2) is 0 Å². The van der Waals surface area contributed by atoms with Crippen molar-refractivity contribution in [3.63, 3.8) is 0 Å². The van der Waals surface area contributed by atoms with Crippen LogP contribution in [0.5, 0.6) is 0 Å². The van der Waals surface area contributed by atoms with E-state index in [1.807, 2.05) is 6.07 Å². The fourth-order valence-electron chi connectivity index (χ4n) is 1.22. The molecule has 11 heavy (non-hydrogen) atoms. The molecule has 1 N–H and O–H groups in total. The van der Waals surface area contributed by atoms with Crippen LogP contribution in [0.4, 0.5) is 0 Å². The Morgan fingerprint density at radius 1 is 1.18 bits per heavy atom. The summed E-state index contributed by atoms with van der Waals surface area (Å²) in [5.41, 5.74) is 2.45. The van der Waals surface area contributed by atoms with Crippen molar-refractivity contribution in [3.05, 3.63) is 36.0 Å². The molecule has 0 atom stereocenters. The van der Waals surface area contributed by atoms with Gasteiger partial charge in [0, 0.05) is 11.2 Å². The minimum Gasteiger partial charge on any atom is -0.359 e. The summed E-state index contributed by atoms with van der Waals surface area (Å²) < 4.78 is 0. The van der Waals surface area contributed by atoms with Gasteiger partial charge in [-0.2, -0.15) is 0 Å². The van der Waals surface area contributed by atoms with Crippen LogP contribution in [0.25, 0.3) is 10.9 Å². The van der Waals surface area contributed by atoms with Crippen LogP contribution in [0.15, 0.2) is 30.3 Å². The fraction of sp³-hybridized carbons (Fsp3) is 0.111. The van der Waals surface area contributed by atoms with Gasteiger partial charge in [-0.3, -0.25) is 0 Å². The first-order valence-electron chi connectivity index (χ1n) is 3.40. The fourth-order valence-corrected chi connectivity index (χ4v) is 1.22. The molecule has 1 aromatic carbocycles. The molecule has 0 fully saturated rings. The monoisotopic (exact) mass is 157 g/mol. The van der Waals surface area contributed by atoms with Gasteiger partial charge in [-0.05, 0) is 24.4 Å².